The third kappa shape index (κ3) is 2.56. The molecule has 1 N–H and O–H groups in total. The van der Waals surface area contributed by atoms with Crippen LogP contribution in [0.5, 0.6) is 0 Å². The summed E-state index contributed by atoms with van der Waals surface area (Å²) >= 11 is 0. The highest BCUT2D eigenvalue weighted by molar-refractivity contribution is 5.69. The molecule has 3 heteroatoms. The highest BCUT2D eigenvalue weighted by Gasteiger charge is 2.60. The van der Waals surface area contributed by atoms with E-state index in [9.17, 15) is 4.79 Å². The van der Waals surface area contributed by atoms with Crippen LogP contribution >= 0.6 is 0 Å². The maximum Gasteiger partial charge on any atom is 0.408 e. The lowest BCUT2D eigenvalue weighted by Gasteiger charge is -2.65. The molecule has 4 aliphatic carbocycles. The normalized spacial score (nSPS) is 46.4. The molecule has 2 unspecified atom stereocenters. The molecule has 4 saturated carbocycles. The number of amides is 1. The van der Waals surface area contributed by atoms with E-state index < -0.39 is 5.60 Å². The van der Waals surface area contributed by atoms with Gasteiger partial charge in [-0.05, 0) is 76.0 Å². The lowest BCUT2D eigenvalue weighted by Crippen LogP contribution is -2.65. The molecular weight excluding hydrogens is 250 g/mol. The number of carbonyl (C=O) groups is 1. The van der Waals surface area contributed by atoms with E-state index in [0.29, 0.717) is 10.8 Å². The van der Waals surface area contributed by atoms with Gasteiger partial charge in [0.1, 0.15) is 5.60 Å². The molecule has 0 spiro atoms. The number of rotatable bonds is 1. The lowest BCUT2D eigenvalue weighted by molar-refractivity contribution is -0.116. The molecule has 2 atom stereocenters. The van der Waals surface area contributed by atoms with Gasteiger partial charge < -0.3 is 10.1 Å². The van der Waals surface area contributed by atoms with Crippen molar-refractivity contribution in [2.75, 3.05) is 0 Å². The molecule has 0 aromatic heterocycles. The summed E-state index contributed by atoms with van der Waals surface area (Å²) in [4.78, 5) is 12.2. The molecule has 0 heterocycles. The van der Waals surface area contributed by atoms with Gasteiger partial charge in [0.2, 0.25) is 0 Å². The molecule has 0 radical (unpaired) electrons. The summed E-state index contributed by atoms with van der Waals surface area (Å²) in [7, 11) is 0. The topological polar surface area (TPSA) is 38.3 Å². The zero-order valence-corrected chi connectivity index (χ0v) is 13.6. The van der Waals surface area contributed by atoms with E-state index in [1.54, 1.807) is 0 Å². The first-order valence-electron chi connectivity index (χ1n) is 8.02. The Labute approximate surface area is 122 Å². The van der Waals surface area contributed by atoms with Crippen molar-refractivity contribution in [2.45, 2.75) is 84.3 Å². The Bertz CT molecular complexity index is 419. The molecule has 0 aliphatic heterocycles. The predicted molar refractivity (Wildman–Crippen MR) is 79.5 cm³/mol. The van der Waals surface area contributed by atoms with Crippen LogP contribution in [0.15, 0.2) is 0 Å². The second kappa shape index (κ2) is 3.92. The Morgan fingerprint density at radius 3 is 2.05 bits per heavy atom. The number of ether oxygens (including phenoxy) is 1. The first kappa shape index (κ1) is 14.2. The average molecular weight is 279 g/mol. The molecule has 1 amide bonds. The Morgan fingerprint density at radius 1 is 1.05 bits per heavy atom. The quantitative estimate of drug-likeness (QED) is 0.779. The summed E-state index contributed by atoms with van der Waals surface area (Å²) < 4.78 is 5.49. The summed E-state index contributed by atoms with van der Waals surface area (Å²) in [5.41, 5.74) is 0.414. The van der Waals surface area contributed by atoms with Gasteiger partial charge in [-0.1, -0.05) is 13.8 Å². The van der Waals surface area contributed by atoms with Crippen molar-refractivity contribution in [3.63, 3.8) is 0 Å². The van der Waals surface area contributed by atoms with Crippen molar-refractivity contribution in [1.82, 2.24) is 5.32 Å². The van der Waals surface area contributed by atoms with Crippen molar-refractivity contribution in [2.24, 2.45) is 16.7 Å². The molecule has 4 aliphatic rings. The van der Waals surface area contributed by atoms with Crippen molar-refractivity contribution < 1.29 is 9.53 Å². The summed E-state index contributed by atoms with van der Waals surface area (Å²) in [5, 5.41) is 3.27. The van der Waals surface area contributed by atoms with Crippen LogP contribution in [0, 0.1) is 16.7 Å². The highest BCUT2D eigenvalue weighted by Crippen LogP contribution is 2.66. The number of nitrogens with one attached hydrogen (secondary N) is 1. The Kier molecular flexibility index (Phi) is 2.79. The van der Waals surface area contributed by atoms with Gasteiger partial charge >= 0.3 is 6.09 Å². The number of carbonyl (C=O) groups excluding carboxylic acids is 1. The molecule has 0 saturated heterocycles. The van der Waals surface area contributed by atoms with Crippen LogP contribution in [0.4, 0.5) is 4.79 Å². The van der Waals surface area contributed by atoms with Gasteiger partial charge in [-0.3, -0.25) is 0 Å². The maximum absolute atomic E-state index is 12.2. The molecule has 4 rings (SSSR count). The number of hydrogen-bond donors (Lipinski definition) is 1. The SMILES string of the molecule is CC12CC3CC(C)(C1)CC(NC(=O)OC(C)(C)C)(C3)C2. The van der Waals surface area contributed by atoms with E-state index in [-0.39, 0.29) is 11.6 Å². The average Bonchev–Trinajstić information content (AvgIpc) is 2.04. The minimum Gasteiger partial charge on any atom is -0.444 e. The van der Waals surface area contributed by atoms with Crippen LogP contribution in [0.2, 0.25) is 0 Å². The minimum atomic E-state index is -0.416. The standard InChI is InChI=1S/C17H29NO2/c1-14(2,3)20-13(19)18-17-8-12-6-15(4,10-17)9-16(5,7-12)11-17/h12H,6-11H2,1-5H3,(H,18,19). The van der Waals surface area contributed by atoms with Gasteiger partial charge in [0, 0.05) is 5.54 Å². The Balaban J connectivity index is 1.77. The Morgan fingerprint density at radius 2 is 1.60 bits per heavy atom. The molecule has 0 aromatic carbocycles. The van der Waals surface area contributed by atoms with Gasteiger partial charge in [0.25, 0.3) is 0 Å². The van der Waals surface area contributed by atoms with Crippen LogP contribution in [0.25, 0.3) is 0 Å². The third-order valence-electron chi connectivity index (χ3n) is 5.39. The fourth-order valence-electron chi connectivity index (χ4n) is 6.11. The van der Waals surface area contributed by atoms with Crippen LogP contribution in [0.1, 0.15) is 73.1 Å². The Hall–Kier alpha value is -0.730. The first-order valence-corrected chi connectivity index (χ1v) is 8.02. The van der Waals surface area contributed by atoms with Crippen LogP contribution in [0.3, 0.4) is 0 Å². The van der Waals surface area contributed by atoms with Crippen molar-refractivity contribution in [1.29, 1.82) is 0 Å². The molecule has 4 fully saturated rings. The highest BCUT2D eigenvalue weighted by atomic mass is 16.6. The van der Waals surface area contributed by atoms with E-state index in [4.69, 9.17) is 4.74 Å². The van der Waals surface area contributed by atoms with Crippen molar-refractivity contribution in [3.8, 4) is 0 Å². The first-order chi connectivity index (χ1) is 9.01. The van der Waals surface area contributed by atoms with Crippen LogP contribution in [-0.4, -0.2) is 17.2 Å². The number of alkyl carbamates (subject to hydrolysis) is 1. The van der Waals surface area contributed by atoms with Gasteiger partial charge in [0.05, 0.1) is 0 Å². The number of hydrogen-bond acceptors (Lipinski definition) is 2. The van der Waals surface area contributed by atoms with E-state index in [2.05, 4.69) is 19.2 Å². The smallest absolute Gasteiger partial charge is 0.408 e. The predicted octanol–water partition coefficient (Wildman–Crippen LogP) is 4.26. The van der Waals surface area contributed by atoms with E-state index in [1.807, 2.05) is 20.8 Å². The van der Waals surface area contributed by atoms with Crippen molar-refractivity contribution in [3.05, 3.63) is 0 Å². The molecule has 4 bridgehead atoms. The third-order valence-corrected chi connectivity index (χ3v) is 5.39. The van der Waals surface area contributed by atoms with E-state index >= 15 is 0 Å². The summed E-state index contributed by atoms with van der Waals surface area (Å²) in [6, 6.07) is 0. The zero-order valence-electron chi connectivity index (χ0n) is 13.6. The molecule has 0 aromatic rings. The molecular formula is C17H29NO2. The second-order valence-electron chi connectivity index (χ2n) is 9.54. The molecule has 114 valence electrons. The maximum atomic E-state index is 12.2. The molecule has 20 heavy (non-hydrogen) atoms. The molecule has 3 nitrogen and oxygen atoms in total. The van der Waals surface area contributed by atoms with E-state index in [0.717, 1.165) is 25.2 Å². The van der Waals surface area contributed by atoms with Crippen LogP contribution < -0.4 is 5.32 Å². The fraction of sp³-hybridized carbons (Fsp3) is 0.941. The van der Waals surface area contributed by atoms with Crippen molar-refractivity contribution >= 4 is 6.09 Å². The van der Waals surface area contributed by atoms with Gasteiger partial charge in [-0.2, -0.15) is 0 Å². The van der Waals surface area contributed by atoms with E-state index in [1.165, 1.54) is 19.3 Å². The zero-order chi connectivity index (χ0) is 14.8. The summed E-state index contributed by atoms with van der Waals surface area (Å²) in [5.74, 6) is 0.788. The second-order valence-corrected chi connectivity index (χ2v) is 9.54. The van der Waals surface area contributed by atoms with Gasteiger partial charge in [-0.15, -0.1) is 0 Å². The largest absolute Gasteiger partial charge is 0.444 e. The fourth-order valence-corrected chi connectivity index (χ4v) is 6.11. The van der Waals surface area contributed by atoms with Gasteiger partial charge in [0.15, 0.2) is 0 Å². The minimum absolute atomic E-state index is 0.00868. The summed E-state index contributed by atoms with van der Waals surface area (Å²) in [6.45, 7) is 10.6. The van der Waals surface area contributed by atoms with Gasteiger partial charge in [-0.25, -0.2) is 4.79 Å². The summed E-state index contributed by atoms with van der Waals surface area (Å²) in [6.07, 6.45) is 7.20. The van der Waals surface area contributed by atoms with Crippen LogP contribution in [-0.2, 0) is 4.74 Å². The lowest BCUT2D eigenvalue weighted by atomic mass is 9.43. The monoisotopic (exact) mass is 279 g/mol.